The Morgan fingerprint density at radius 1 is 1.29 bits per heavy atom. The van der Waals surface area contributed by atoms with Gasteiger partial charge >= 0.3 is 0 Å². The predicted molar refractivity (Wildman–Crippen MR) is 77.6 cm³/mol. The number of nitrogens with one attached hydrogen (secondary N) is 1. The standard InChI is InChI=1S/C14H13FN4OS/c1-7-3-11(9(8(2)20)4-10(7)15)21-14-12-13(17-5-16-12)18-6-19-14/h3-6,8,20H,1-2H3,(H,16,17,18,19)/t8-/m1/s1. The number of aromatic nitrogens is 4. The number of benzene rings is 1. The minimum atomic E-state index is -0.762. The summed E-state index contributed by atoms with van der Waals surface area (Å²) in [7, 11) is 0. The van der Waals surface area contributed by atoms with Crippen molar-refractivity contribution in [1.29, 1.82) is 0 Å². The number of aromatic amines is 1. The fraction of sp³-hybridized carbons (Fsp3) is 0.214. The zero-order valence-electron chi connectivity index (χ0n) is 11.5. The molecule has 2 heterocycles. The van der Waals surface area contributed by atoms with Gasteiger partial charge in [-0.1, -0.05) is 11.8 Å². The van der Waals surface area contributed by atoms with Crippen LogP contribution in [-0.2, 0) is 0 Å². The lowest BCUT2D eigenvalue weighted by Gasteiger charge is -2.13. The van der Waals surface area contributed by atoms with Crippen LogP contribution in [0.3, 0.4) is 0 Å². The number of aryl methyl sites for hydroxylation is 1. The first-order valence-corrected chi connectivity index (χ1v) is 7.18. The van der Waals surface area contributed by atoms with E-state index in [1.807, 2.05) is 0 Å². The van der Waals surface area contributed by atoms with Crippen molar-refractivity contribution in [3.05, 3.63) is 41.7 Å². The highest BCUT2D eigenvalue weighted by Gasteiger charge is 2.15. The number of fused-ring (bicyclic) bond motifs is 1. The Morgan fingerprint density at radius 3 is 2.86 bits per heavy atom. The van der Waals surface area contributed by atoms with Gasteiger partial charge < -0.3 is 10.1 Å². The molecular formula is C14H13FN4OS. The largest absolute Gasteiger partial charge is 0.389 e. The average Bonchev–Trinajstić information content (AvgIpc) is 2.91. The van der Waals surface area contributed by atoms with E-state index in [1.165, 1.54) is 24.2 Å². The van der Waals surface area contributed by atoms with E-state index in [1.54, 1.807) is 26.2 Å². The third-order valence-corrected chi connectivity index (χ3v) is 4.21. The Morgan fingerprint density at radius 2 is 2.10 bits per heavy atom. The molecule has 1 atom stereocenters. The normalized spacial score (nSPS) is 12.8. The molecule has 0 amide bonds. The van der Waals surface area contributed by atoms with E-state index in [-0.39, 0.29) is 5.82 Å². The molecule has 0 saturated carbocycles. The van der Waals surface area contributed by atoms with E-state index in [4.69, 9.17) is 0 Å². The van der Waals surface area contributed by atoms with Crippen molar-refractivity contribution in [2.75, 3.05) is 0 Å². The summed E-state index contributed by atoms with van der Waals surface area (Å²) in [4.78, 5) is 16.1. The minimum absolute atomic E-state index is 0.329. The first-order chi connectivity index (χ1) is 10.1. The number of aliphatic hydroxyl groups is 1. The third-order valence-electron chi connectivity index (χ3n) is 3.14. The second-order valence-electron chi connectivity index (χ2n) is 4.70. The number of hydrogen-bond donors (Lipinski definition) is 2. The molecule has 7 heteroatoms. The summed E-state index contributed by atoms with van der Waals surface area (Å²) in [6, 6.07) is 3.08. The molecule has 3 aromatic rings. The van der Waals surface area contributed by atoms with Crippen molar-refractivity contribution in [2.45, 2.75) is 29.9 Å². The number of H-pyrrole nitrogens is 1. The molecule has 0 aliphatic carbocycles. The second-order valence-corrected chi connectivity index (χ2v) is 5.73. The van der Waals surface area contributed by atoms with Crippen molar-refractivity contribution >= 4 is 22.9 Å². The minimum Gasteiger partial charge on any atom is -0.389 e. The van der Waals surface area contributed by atoms with Crippen molar-refractivity contribution in [2.24, 2.45) is 0 Å². The highest BCUT2D eigenvalue weighted by molar-refractivity contribution is 7.99. The lowest BCUT2D eigenvalue weighted by molar-refractivity contribution is 0.196. The predicted octanol–water partition coefficient (Wildman–Crippen LogP) is 3.00. The molecule has 1 aromatic carbocycles. The Balaban J connectivity index is 2.09. The van der Waals surface area contributed by atoms with Crippen LogP contribution in [0.15, 0.2) is 34.7 Å². The van der Waals surface area contributed by atoms with Gasteiger partial charge in [-0.15, -0.1) is 0 Å². The zero-order valence-corrected chi connectivity index (χ0v) is 12.3. The van der Waals surface area contributed by atoms with E-state index in [0.29, 0.717) is 21.8 Å². The van der Waals surface area contributed by atoms with Crippen LogP contribution in [0.1, 0.15) is 24.2 Å². The summed E-state index contributed by atoms with van der Waals surface area (Å²) in [5.74, 6) is -0.329. The van der Waals surface area contributed by atoms with E-state index in [0.717, 1.165) is 10.4 Å². The lowest BCUT2D eigenvalue weighted by atomic mass is 10.1. The highest BCUT2D eigenvalue weighted by Crippen LogP contribution is 2.35. The SMILES string of the molecule is Cc1cc(Sc2ncnc3nc[nH]c23)c([C@@H](C)O)cc1F. The maximum Gasteiger partial charge on any atom is 0.181 e. The summed E-state index contributed by atoms with van der Waals surface area (Å²) in [5, 5.41) is 10.5. The van der Waals surface area contributed by atoms with Gasteiger partial charge in [0, 0.05) is 4.90 Å². The maximum atomic E-state index is 13.7. The van der Waals surface area contributed by atoms with Crippen LogP contribution in [0.4, 0.5) is 4.39 Å². The summed E-state index contributed by atoms with van der Waals surface area (Å²) >= 11 is 1.35. The molecule has 108 valence electrons. The first-order valence-electron chi connectivity index (χ1n) is 6.36. The smallest absolute Gasteiger partial charge is 0.181 e. The quantitative estimate of drug-likeness (QED) is 0.728. The van der Waals surface area contributed by atoms with Gasteiger partial charge in [-0.2, -0.15) is 0 Å². The highest BCUT2D eigenvalue weighted by atomic mass is 32.2. The fourth-order valence-electron chi connectivity index (χ4n) is 2.01. The van der Waals surface area contributed by atoms with Crippen LogP contribution in [0, 0.1) is 12.7 Å². The maximum absolute atomic E-state index is 13.7. The van der Waals surface area contributed by atoms with Crippen LogP contribution < -0.4 is 0 Å². The van der Waals surface area contributed by atoms with Gasteiger partial charge in [0.25, 0.3) is 0 Å². The molecule has 0 bridgehead atoms. The van der Waals surface area contributed by atoms with Gasteiger partial charge in [0.05, 0.1) is 12.4 Å². The topological polar surface area (TPSA) is 74.7 Å². The van der Waals surface area contributed by atoms with E-state index < -0.39 is 6.10 Å². The van der Waals surface area contributed by atoms with E-state index in [2.05, 4.69) is 19.9 Å². The van der Waals surface area contributed by atoms with Gasteiger partial charge in [-0.25, -0.2) is 19.3 Å². The second kappa shape index (κ2) is 5.42. The third kappa shape index (κ3) is 2.62. The Labute approximate surface area is 124 Å². The summed E-state index contributed by atoms with van der Waals surface area (Å²) in [5.41, 5.74) is 2.36. The van der Waals surface area contributed by atoms with Gasteiger partial charge in [0.15, 0.2) is 5.65 Å². The molecule has 0 spiro atoms. The molecule has 0 aliphatic heterocycles. The fourth-order valence-corrected chi connectivity index (χ4v) is 3.15. The zero-order chi connectivity index (χ0) is 15.0. The molecule has 0 aliphatic rings. The van der Waals surface area contributed by atoms with Crippen LogP contribution in [-0.4, -0.2) is 25.0 Å². The Kier molecular flexibility index (Phi) is 3.60. The molecule has 0 fully saturated rings. The number of nitrogens with zero attached hydrogens (tertiary/aromatic N) is 3. The van der Waals surface area contributed by atoms with Crippen LogP contribution in [0.2, 0.25) is 0 Å². The van der Waals surface area contributed by atoms with Crippen LogP contribution >= 0.6 is 11.8 Å². The van der Waals surface area contributed by atoms with Crippen LogP contribution in [0.5, 0.6) is 0 Å². The summed E-state index contributed by atoms with van der Waals surface area (Å²) in [6.07, 6.45) is 2.22. The van der Waals surface area contributed by atoms with Gasteiger partial charge in [-0.3, -0.25) is 0 Å². The van der Waals surface area contributed by atoms with E-state index >= 15 is 0 Å². The molecule has 0 saturated heterocycles. The number of imidazole rings is 1. The number of hydrogen-bond acceptors (Lipinski definition) is 5. The van der Waals surface area contributed by atoms with E-state index in [9.17, 15) is 9.50 Å². The molecule has 2 aromatic heterocycles. The molecule has 2 N–H and O–H groups in total. The number of aliphatic hydroxyl groups excluding tert-OH is 1. The van der Waals surface area contributed by atoms with Crippen molar-refractivity contribution < 1.29 is 9.50 Å². The van der Waals surface area contributed by atoms with Crippen LogP contribution in [0.25, 0.3) is 11.2 Å². The molecule has 5 nitrogen and oxygen atoms in total. The molecule has 0 radical (unpaired) electrons. The monoisotopic (exact) mass is 304 g/mol. The average molecular weight is 304 g/mol. The summed E-state index contributed by atoms with van der Waals surface area (Å²) < 4.78 is 13.7. The molecule has 3 rings (SSSR count). The summed E-state index contributed by atoms with van der Waals surface area (Å²) in [6.45, 7) is 3.30. The first kappa shape index (κ1) is 14.0. The molecular weight excluding hydrogens is 291 g/mol. The lowest BCUT2D eigenvalue weighted by Crippen LogP contribution is -1.98. The van der Waals surface area contributed by atoms with Crippen molar-refractivity contribution in [1.82, 2.24) is 19.9 Å². The number of halogens is 1. The number of rotatable bonds is 3. The Hall–Kier alpha value is -1.99. The van der Waals surface area contributed by atoms with Crippen molar-refractivity contribution in [3.8, 4) is 0 Å². The van der Waals surface area contributed by atoms with Gasteiger partial charge in [0.2, 0.25) is 0 Å². The molecule has 21 heavy (non-hydrogen) atoms. The van der Waals surface area contributed by atoms with Gasteiger partial charge in [-0.05, 0) is 37.1 Å². The van der Waals surface area contributed by atoms with Gasteiger partial charge in [0.1, 0.15) is 22.7 Å². The Bertz CT molecular complexity index is 803. The molecule has 0 unspecified atom stereocenters. The van der Waals surface area contributed by atoms with Crippen molar-refractivity contribution in [3.63, 3.8) is 0 Å².